The summed E-state index contributed by atoms with van der Waals surface area (Å²) in [5.74, 6) is 1.06. The molecule has 78 valence electrons. The molecule has 0 spiro atoms. The zero-order chi connectivity index (χ0) is 9.80. The highest BCUT2D eigenvalue weighted by molar-refractivity contribution is 9.11. The first-order valence-electron chi connectivity index (χ1n) is 5.18. The van der Waals surface area contributed by atoms with Crippen LogP contribution in [0.25, 0.3) is 0 Å². The van der Waals surface area contributed by atoms with Crippen molar-refractivity contribution >= 4 is 15.9 Å². The predicted octanol–water partition coefficient (Wildman–Crippen LogP) is 3.49. The van der Waals surface area contributed by atoms with Crippen molar-refractivity contribution in [1.29, 1.82) is 0 Å². The van der Waals surface area contributed by atoms with Crippen LogP contribution in [0.5, 0.6) is 0 Å². The van der Waals surface area contributed by atoms with Crippen LogP contribution in [0.15, 0.2) is 22.4 Å². The molecule has 0 amide bonds. The molecule has 3 heteroatoms. The predicted molar refractivity (Wildman–Crippen MR) is 59.0 cm³/mol. The topological polar surface area (TPSA) is 18.5 Å². The van der Waals surface area contributed by atoms with Crippen molar-refractivity contribution < 1.29 is 9.47 Å². The lowest BCUT2D eigenvalue weighted by atomic mass is 10.1. The average molecular weight is 259 g/mol. The van der Waals surface area contributed by atoms with Crippen LogP contribution in [0.3, 0.4) is 0 Å². The summed E-state index contributed by atoms with van der Waals surface area (Å²) in [5.41, 5.74) is 0. The highest BCUT2D eigenvalue weighted by Gasteiger charge is 2.16. The van der Waals surface area contributed by atoms with Gasteiger partial charge in [0.25, 0.3) is 0 Å². The van der Waals surface area contributed by atoms with Crippen molar-refractivity contribution in [3.8, 4) is 0 Å². The Hall–Kier alpha value is -0.280. The summed E-state index contributed by atoms with van der Waals surface area (Å²) >= 11 is 3.47. The summed E-state index contributed by atoms with van der Waals surface area (Å²) in [6.45, 7) is 0.845. The Balaban J connectivity index is 1.84. The van der Waals surface area contributed by atoms with Gasteiger partial charge in [0.05, 0.1) is 12.4 Å². The fourth-order valence-electron chi connectivity index (χ4n) is 1.66. The van der Waals surface area contributed by atoms with Crippen molar-refractivity contribution in [3.05, 3.63) is 22.4 Å². The van der Waals surface area contributed by atoms with Gasteiger partial charge in [0.15, 0.2) is 6.29 Å². The lowest BCUT2D eigenvalue weighted by Crippen LogP contribution is -2.22. The third-order valence-electron chi connectivity index (χ3n) is 2.48. The summed E-state index contributed by atoms with van der Waals surface area (Å²) in [7, 11) is 0. The van der Waals surface area contributed by atoms with Crippen molar-refractivity contribution in [2.45, 2.75) is 38.4 Å². The molecule has 1 atom stereocenters. The summed E-state index contributed by atoms with van der Waals surface area (Å²) in [5, 5.41) is 0. The number of rotatable bonds is 2. The van der Waals surface area contributed by atoms with Crippen LogP contribution < -0.4 is 0 Å². The molecule has 1 saturated heterocycles. The van der Waals surface area contributed by atoms with Crippen molar-refractivity contribution in [2.75, 3.05) is 6.61 Å². The van der Waals surface area contributed by atoms with Gasteiger partial charge < -0.3 is 9.47 Å². The standard InChI is InChI=1S/C11H15BrO2/c12-9-4-6-10(7-5-9)14-11-3-1-2-8-13-11/h4,6,11H,1-3,5,7-8H2. The molecule has 0 saturated carbocycles. The first-order chi connectivity index (χ1) is 6.84. The number of hydrogen-bond donors (Lipinski definition) is 0. The van der Waals surface area contributed by atoms with Crippen LogP contribution in [-0.4, -0.2) is 12.9 Å². The minimum absolute atomic E-state index is 0.000255. The van der Waals surface area contributed by atoms with E-state index >= 15 is 0 Å². The second kappa shape index (κ2) is 4.99. The smallest absolute Gasteiger partial charge is 0.199 e. The molecule has 1 aliphatic heterocycles. The summed E-state index contributed by atoms with van der Waals surface area (Å²) < 4.78 is 12.5. The molecule has 1 aliphatic carbocycles. The van der Waals surface area contributed by atoms with E-state index in [-0.39, 0.29) is 6.29 Å². The largest absolute Gasteiger partial charge is 0.469 e. The molecule has 0 aromatic carbocycles. The fourth-order valence-corrected chi connectivity index (χ4v) is 1.99. The molecule has 0 radical (unpaired) electrons. The van der Waals surface area contributed by atoms with Gasteiger partial charge in [-0.25, -0.2) is 0 Å². The van der Waals surface area contributed by atoms with E-state index in [9.17, 15) is 0 Å². The Labute approximate surface area is 93.1 Å². The van der Waals surface area contributed by atoms with Gasteiger partial charge in [0, 0.05) is 12.8 Å². The Bertz CT molecular complexity index is 252. The third kappa shape index (κ3) is 2.85. The van der Waals surface area contributed by atoms with Gasteiger partial charge in [-0.3, -0.25) is 0 Å². The molecule has 2 nitrogen and oxygen atoms in total. The summed E-state index contributed by atoms with van der Waals surface area (Å²) in [6, 6.07) is 0. The van der Waals surface area contributed by atoms with E-state index in [1.165, 1.54) is 17.3 Å². The van der Waals surface area contributed by atoms with Crippen LogP contribution in [0.4, 0.5) is 0 Å². The lowest BCUT2D eigenvalue weighted by Gasteiger charge is -2.25. The highest BCUT2D eigenvalue weighted by Crippen LogP contribution is 2.26. The van der Waals surface area contributed by atoms with E-state index in [4.69, 9.17) is 9.47 Å². The highest BCUT2D eigenvalue weighted by atomic mass is 79.9. The molecule has 0 N–H and O–H groups in total. The summed E-state index contributed by atoms with van der Waals surface area (Å²) in [6.07, 6.45) is 9.53. The van der Waals surface area contributed by atoms with E-state index in [0.717, 1.165) is 31.6 Å². The third-order valence-corrected chi connectivity index (χ3v) is 3.14. The van der Waals surface area contributed by atoms with Gasteiger partial charge in [0.2, 0.25) is 0 Å². The zero-order valence-electron chi connectivity index (χ0n) is 8.17. The van der Waals surface area contributed by atoms with Gasteiger partial charge in [-0.15, -0.1) is 0 Å². The van der Waals surface area contributed by atoms with Gasteiger partial charge in [0.1, 0.15) is 0 Å². The van der Waals surface area contributed by atoms with Crippen LogP contribution in [0.2, 0.25) is 0 Å². The van der Waals surface area contributed by atoms with E-state index in [1.807, 2.05) is 6.08 Å². The summed E-state index contributed by atoms with van der Waals surface area (Å²) in [4.78, 5) is 0. The first-order valence-corrected chi connectivity index (χ1v) is 5.97. The Morgan fingerprint density at radius 1 is 1.29 bits per heavy atom. The second-order valence-corrected chi connectivity index (χ2v) is 4.68. The Morgan fingerprint density at radius 2 is 2.21 bits per heavy atom. The van der Waals surface area contributed by atoms with Gasteiger partial charge in [-0.2, -0.15) is 0 Å². The molecule has 1 fully saturated rings. The van der Waals surface area contributed by atoms with Crippen molar-refractivity contribution in [2.24, 2.45) is 0 Å². The Morgan fingerprint density at radius 3 is 2.86 bits per heavy atom. The number of allylic oxidation sites excluding steroid dienone is 4. The fraction of sp³-hybridized carbons (Fsp3) is 0.636. The molecule has 1 heterocycles. The normalized spacial score (nSPS) is 27.9. The maximum absolute atomic E-state index is 5.75. The van der Waals surface area contributed by atoms with Gasteiger partial charge >= 0.3 is 0 Å². The van der Waals surface area contributed by atoms with Gasteiger partial charge in [-0.05, 0) is 35.9 Å². The van der Waals surface area contributed by atoms with Crippen LogP contribution in [0, 0.1) is 0 Å². The maximum Gasteiger partial charge on any atom is 0.199 e. The van der Waals surface area contributed by atoms with E-state index in [1.54, 1.807) is 0 Å². The van der Waals surface area contributed by atoms with Crippen LogP contribution >= 0.6 is 15.9 Å². The second-order valence-electron chi connectivity index (χ2n) is 3.66. The molecule has 14 heavy (non-hydrogen) atoms. The van der Waals surface area contributed by atoms with Gasteiger partial charge in [-0.1, -0.05) is 15.9 Å². The Kier molecular flexibility index (Phi) is 3.65. The minimum atomic E-state index is 0.000255. The van der Waals surface area contributed by atoms with Crippen molar-refractivity contribution in [1.82, 2.24) is 0 Å². The van der Waals surface area contributed by atoms with E-state index < -0.39 is 0 Å². The van der Waals surface area contributed by atoms with Crippen LogP contribution in [-0.2, 0) is 9.47 Å². The first kappa shape index (κ1) is 10.2. The molecule has 2 aliphatic rings. The average Bonchev–Trinajstić information content (AvgIpc) is 2.23. The zero-order valence-corrected chi connectivity index (χ0v) is 9.76. The number of ether oxygens (including phenoxy) is 2. The number of hydrogen-bond acceptors (Lipinski definition) is 2. The molecule has 1 unspecified atom stereocenters. The molecular weight excluding hydrogens is 244 g/mol. The van der Waals surface area contributed by atoms with Crippen LogP contribution in [0.1, 0.15) is 32.1 Å². The molecule has 2 rings (SSSR count). The number of halogens is 1. The molecular formula is C11H15BrO2. The lowest BCUT2D eigenvalue weighted by molar-refractivity contribution is -0.140. The molecule has 0 bridgehead atoms. The van der Waals surface area contributed by atoms with E-state index in [2.05, 4.69) is 22.0 Å². The SMILES string of the molecule is BrC1=CC=C(OC2CCCCO2)CC1. The monoisotopic (exact) mass is 258 g/mol. The minimum Gasteiger partial charge on any atom is -0.469 e. The molecule has 0 aromatic rings. The van der Waals surface area contributed by atoms with E-state index in [0.29, 0.717) is 0 Å². The van der Waals surface area contributed by atoms with Crippen molar-refractivity contribution in [3.63, 3.8) is 0 Å². The quantitative estimate of drug-likeness (QED) is 0.755. The molecule has 0 aromatic heterocycles. The maximum atomic E-state index is 5.75.